The molecule has 1 amide bonds. The van der Waals surface area contributed by atoms with Crippen molar-refractivity contribution in [1.82, 2.24) is 4.90 Å². The van der Waals surface area contributed by atoms with E-state index in [-0.39, 0.29) is 11.3 Å². The second kappa shape index (κ2) is 8.72. The first kappa shape index (κ1) is 18.9. The molecule has 1 saturated heterocycles. The summed E-state index contributed by atoms with van der Waals surface area (Å²) < 4.78 is 5.86. The number of halogens is 1. The molecule has 142 valence electrons. The summed E-state index contributed by atoms with van der Waals surface area (Å²) >= 11 is 8.00. The van der Waals surface area contributed by atoms with Gasteiger partial charge in [0, 0.05) is 12.3 Å². The van der Waals surface area contributed by atoms with E-state index in [9.17, 15) is 4.79 Å². The molecule has 0 aliphatic carbocycles. The van der Waals surface area contributed by atoms with Crippen molar-refractivity contribution in [3.63, 3.8) is 0 Å². The van der Waals surface area contributed by atoms with Crippen molar-refractivity contribution >= 4 is 29.3 Å². The molecule has 4 rings (SSSR count). The summed E-state index contributed by atoms with van der Waals surface area (Å²) in [5, 5.41) is 0.486. The van der Waals surface area contributed by atoms with E-state index in [0.29, 0.717) is 23.7 Å². The fraction of sp³-hybridized carbons (Fsp3) is 0.174. The zero-order valence-corrected chi connectivity index (χ0v) is 16.8. The highest BCUT2D eigenvalue weighted by Crippen LogP contribution is 2.39. The number of rotatable bonds is 5. The van der Waals surface area contributed by atoms with Gasteiger partial charge in [-0.3, -0.25) is 4.79 Å². The van der Waals surface area contributed by atoms with Gasteiger partial charge in [0.05, 0.1) is 10.6 Å². The van der Waals surface area contributed by atoms with Crippen molar-refractivity contribution < 1.29 is 9.53 Å². The average molecular weight is 410 g/mol. The molecule has 3 aromatic rings. The molecule has 1 fully saturated rings. The van der Waals surface area contributed by atoms with Crippen molar-refractivity contribution in [3.8, 4) is 5.75 Å². The van der Waals surface area contributed by atoms with E-state index in [0.717, 1.165) is 22.6 Å². The Kier molecular flexibility index (Phi) is 5.89. The van der Waals surface area contributed by atoms with Gasteiger partial charge >= 0.3 is 0 Å². The number of amides is 1. The Morgan fingerprint density at radius 2 is 1.71 bits per heavy atom. The lowest BCUT2D eigenvalue weighted by Gasteiger charge is -2.24. The summed E-state index contributed by atoms with van der Waals surface area (Å²) in [5.41, 5.74) is 2.78. The molecule has 1 heterocycles. The van der Waals surface area contributed by atoms with Gasteiger partial charge in [0.2, 0.25) is 0 Å². The lowest BCUT2D eigenvalue weighted by molar-refractivity contribution is 0.0760. The van der Waals surface area contributed by atoms with Crippen molar-refractivity contribution in [3.05, 3.63) is 101 Å². The lowest BCUT2D eigenvalue weighted by Crippen LogP contribution is -2.30. The number of hydrogen-bond acceptors (Lipinski definition) is 3. The number of hydrogen-bond donors (Lipinski definition) is 0. The molecule has 1 unspecified atom stereocenters. The minimum absolute atomic E-state index is 0.00746. The van der Waals surface area contributed by atoms with Crippen LogP contribution in [0.25, 0.3) is 0 Å². The number of nitrogens with zero attached hydrogens (tertiary/aromatic N) is 1. The van der Waals surface area contributed by atoms with Gasteiger partial charge in [-0.1, -0.05) is 66.2 Å². The van der Waals surface area contributed by atoms with E-state index in [1.165, 1.54) is 0 Å². The zero-order valence-electron chi connectivity index (χ0n) is 15.3. The number of benzene rings is 3. The van der Waals surface area contributed by atoms with E-state index in [4.69, 9.17) is 16.3 Å². The van der Waals surface area contributed by atoms with Gasteiger partial charge in [-0.15, -0.1) is 11.8 Å². The SMILES string of the molecule is O=C(c1ccccc1Cl)N1CCSC1c1ccc(OCc2ccccc2)cc1. The van der Waals surface area contributed by atoms with Gasteiger partial charge in [0.25, 0.3) is 5.91 Å². The molecule has 0 aromatic heterocycles. The summed E-state index contributed by atoms with van der Waals surface area (Å²) in [6, 6.07) is 25.3. The summed E-state index contributed by atoms with van der Waals surface area (Å²) in [4.78, 5) is 14.9. The topological polar surface area (TPSA) is 29.5 Å². The summed E-state index contributed by atoms with van der Waals surface area (Å²) in [7, 11) is 0. The molecule has 1 aliphatic rings. The molecule has 0 radical (unpaired) electrons. The maximum absolute atomic E-state index is 13.0. The monoisotopic (exact) mass is 409 g/mol. The number of thioether (sulfide) groups is 1. The van der Waals surface area contributed by atoms with Crippen LogP contribution in [-0.4, -0.2) is 23.1 Å². The van der Waals surface area contributed by atoms with E-state index in [1.54, 1.807) is 23.9 Å². The summed E-state index contributed by atoms with van der Waals surface area (Å²) in [6.07, 6.45) is 0. The predicted octanol–water partition coefficient (Wildman–Crippen LogP) is 5.81. The highest BCUT2D eigenvalue weighted by atomic mass is 35.5. The second-order valence-corrected chi connectivity index (χ2v) is 8.14. The molecule has 0 spiro atoms. The Morgan fingerprint density at radius 1 is 1.00 bits per heavy atom. The number of carbonyl (C=O) groups excluding carboxylic acids is 1. The van der Waals surface area contributed by atoms with E-state index in [1.807, 2.05) is 71.6 Å². The van der Waals surface area contributed by atoms with Crippen LogP contribution in [0.3, 0.4) is 0 Å². The molecule has 1 aliphatic heterocycles. The van der Waals surface area contributed by atoms with Gasteiger partial charge in [0.15, 0.2) is 0 Å². The highest BCUT2D eigenvalue weighted by molar-refractivity contribution is 7.99. The Hall–Kier alpha value is -2.43. The third-order valence-electron chi connectivity index (χ3n) is 4.67. The first-order valence-electron chi connectivity index (χ1n) is 9.16. The quantitative estimate of drug-likeness (QED) is 0.532. The molecule has 28 heavy (non-hydrogen) atoms. The maximum Gasteiger partial charge on any atom is 0.256 e. The van der Waals surface area contributed by atoms with Crippen LogP contribution >= 0.6 is 23.4 Å². The van der Waals surface area contributed by atoms with E-state index in [2.05, 4.69) is 0 Å². The molecule has 5 heteroatoms. The molecule has 3 nitrogen and oxygen atoms in total. The third-order valence-corrected chi connectivity index (χ3v) is 6.26. The van der Waals surface area contributed by atoms with Gasteiger partial charge in [-0.05, 0) is 35.4 Å². The Bertz CT molecular complexity index is 946. The molecule has 0 saturated carbocycles. The summed E-state index contributed by atoms with van der Waals surface area (Å²) in [5.74, 6) is 1.71. The van der Waals surface area contributed by atoms with Gasteiger partial charge < -0.3 is 9.64 Å². The first-order chi connectivity index (χ1) is 13.7. The van der Waals surface area contributed by atoms with Crippen LogP contribution in [0.15, 0.2) is 78.9 Å². The fourth-order valence-electron chi connectivity index (χ4n) is 3.21. The molecule has 1 atom stereocenters. The van der Waals surface area contributed by atoms with Crippen LogP contribution in [-0.2, 0) is 6.61 Å². The Balaban J connectivity index is 1.46. The van der Waals surface area contributed by atoms with Crippen LogP contribution in [0.5, 0.6) is 5.75 Å². The van der Waals surface area contributed by atoms with Crippen molar-refractivity contribution in [2.75, 3.05) is 12.3 Å². The van der Waals surface area contributed by atoms with Gasteiger partial charge in [-0.25, -0.2) is 0 Å². The van der Waals surface area contributed by atoms with Crippen molar-refractivity contribution in [2.24, 2.45) is 0 Å². The highest BCUT2D eigenvalue weighted by Gasteiger charge is 2.32. The molecular formula is C23H20ClNO2S. The van der Waals surface area contributed by atoms with Crippen LogP contribution < -0.4 is 4.74 Å². The zero-order chi connectivity index (χ0) is 19.3. The smallest absolute Gasteiger partial charge is 0.256 e. The van der Waals surface area contributed by atoms with Crippen LogP contribution in [0.2, 0.25) is 5.02 Å². The average Bonchev–Trinajstić information content (AvgIpc) is 3.23. The lowest BCUT2D eigenvalue weighted by atomic mass is 10.1. The third kappa shape index (κ3) is 4.18. The minimum Gasteiger partial charge on any atom is -0.489 e. The van der Waals surface area contributed by atoms with Crippen molar-refractivity contribution in [1.29, 1.82) is 0 Å². The van der Waals surface area contributed by atoms with E-state index >= 15 is 0 Å². The van der Waals surface area contributed by atoms with Gasteiger partial charge in [-0.2, -0.15) is 0 Å². The van der Waals surface area contributed by atoms with Crippen LogP contribution in [0.4, 0.5) is 0 Å². The van der Waals surface area contributed by atoms with Crippen molar-refractivity contribution in [2.45, 2.75) is 12.0 Å². The predicted molar refractivity (Wildman–Crippen MR) is 115 cm³/mol. The maximum atomic E-state index is 13.0. The Labute approximate surface area is 174 Å². The molecule has 3 aromatic carbocycles. The second-order valence-electron chi connectivity index (χ2n) is 6.54. The Morgan fingerprint density at radius 3 is 2.46 bits per heavy atom. The number of carbonyl (C=O) groups is 1. The van der Waals surface area contributed by atoms with Crippen LogP contribution in [0, 0.1) is 0 Å². The largest absolute Gasteiger partial charge is 0.489 e. The molecular weight excluding hydrogens is 390 g/mol. The number of ether oxygens (including phenoxy) is 1. The van der Waals surface area contributed by atoms with Crippen LogP contribution in [0.1, 0.15) is 26.9 Å². The molecule has 0 N–H and O–H groups in total. The fourth-order valence-corrected chi connectivity index (χ4v) is 4.69. The minimum atomic E-state index is -0.0231. The van der Waals surface area contributed by atoms with Gasteiger partial charge in [0.1, 0.15) is 17.7 Å². The van der Waals surface area contributed by atoms with E-state index < -0.39 is 0 Å². The first-order valence-corrected chi connectivity index (χ1v) is 10.6. The molecule has 0 bridgehead atoms. The normalized spacial score (nSPS) is 16.2. The standard InChI is InChI=1S/C23H20ClNO2S/c24-21-9-5-4-8-20(21)22(26)25-14-15-28-23(25)18-10-12-19(13-11-18)27-16-17-6-2-1-3-7-17/h1-13,23H,14-16H2. The summed E-state index contributed by atoms with van der Waals surface area (Å²) in [6.45, 7) is 1.25.